The summed E-state index contributed by atoms with van der Waals surface area (Å²) in [6.07, 6.45) is 3.87. The van der Waals surface area contributed by atoms with Gasteiger partial charge in [0.15, 0.2) is 0 Å². The highest BCUT2D eigenvalue weighted by Crippen LogP contribution is 2.26. The minimum atomic E-state index is -0.551. The summed E-state index contributed by atoms with van der Waals surface area (Å²) in [5.74, 6) is 0.290. The number of nitrogens with zero attached hydrogens (tertiary/aromatic N) is 1. The lowest BCUT2D eigenvalue weighted by Gasteiger charge is -2.27. The number of amides is 1. The van der Waals surface area contributed by atoms with Crippen LogP contribution in [0.3, 0.4) is 0 Å². The molecule has 0 bridgehead atoms. The zero-order valence-electron chi connectivity index (χ0n) is 10.2. The van der Waals surface area contributed by atoms with Crippen LogP contribution in [-0.2, 0) is 0 Å². The van der Waals surface area contributed by atoms with Crippen LogP contribution >= 0.6 is 0 Å². The first kappa shape index (κ1) is 12.8. The Bertz CT molecular complexity index is 414. The molecule has 1 aliphatic carbocycles. The van der Waals surface area contributed by atoms with Crippen LogP contribution in [0, 0.1) is 5.92 Å². The molecule has 18 heavy (non-hydrogen) atoms. The van der Waals surface area contributed by atoms with Crippen LogP contribution in [0.1, 0.15) is 36.2 Å². The summed E-state index contributed by atoms with van der Waals surface area (Å²) >= 11 is 0. The van der Waals surface area contributed by atoms with Gasteiger partial charge in [0.1, 0.15) is 11.8 Å². The fourth-order valence-electron chi connectivity index (χ4n) is 2.22. The first-order valence-corrected chi connectivity index (χ1v) is 6.23. The molecule has 1 fully saturated rings. The lowest BCUT2D eigenvalue weighted by Crippen LogP contribution is -2.26. The van der Waals surface area contributed by atoms with Gasteiger partial charge in [-0.05, 0) is 37.7 Å². The fourth-order valence-corrected chi connectivity index (χ4v) is 2.22. The number of hydrogen-bond donors (Lipinski definition) is 2. The third-order valence-electron chi connectivity index (χ3n) is 3.32. The third kappa shape index (κ3) is 3.20. The molecule has 0 unspecified atom stereocenters. The van der Waals surface area contributed by atoms with E-state index in [2.05, 4.69) is 4.98 Å². The van der Waals surface area contributed by atoms with Crippen LogP contribution in [0.5, 0.6) is 5.88 Å². The largest absolute Gasteiger partial charge is 0.474 e. The molecule has 1 amide bonds. The number of aliphatic hydroxyl groups excluding tert-OH is 1. The van der Waals surface area contributed by atoms with Crippen molar-refractivity contribution in [2.45, 2.75) is 31.8 Å². The number of ether oxygens (including phenoxy) is 1. The summed E-state index contributed by atoms with van der Waals surface area (Å²) in [7, 11) is 0. The normalized spacial score (nSPS) is 23.6. The zero-order chi connectivity index (χ0) is 13.0. The van der Waals surface area contributed by atoms with Gasteiger partial charge in [-0.2, -0.15) is 0 Å². The molecule has 2 rings (SSSR count). The summed E-state index contributed by atoms with van der Waals surface area (Å²) in [5.41, 5.74) is 5.39. The second kappa shape index (κ2) is 5.82. The predicted molar refractivity (Wildman–Crippen MR) is 66.2 cm³/mol. The second-order valence-corrected chi connectivity index (χ2v) is 4.67. The van der Waals surface area contributed by atoms with Crippen LogP contribution in [0.4, 0.5) is 0 Å². The molecule has 1 aromatic rings. The molecule has 5 heteroatoms. The molecule has 1 aromatic heterocycles. The molecular formula is C13H18N2O3. The van der Waals surface area contributed by atoms with Gasteiger partial charge in [0, 0.05) is 12.7 Å². The quantitative estimate of drug-likeness (QED) is 0.838. The van der Waals surface area contributed by atoms with Gasteiger partial charge in [-0.1, -0.05) is 6.07 Å². The minimum Gasteiger partial charge on any atom is -0.474 e. The van der Waals surface area contributed by atoms with Crippen molar-refractivity contribution in [3.63, 3.8) is 0 Å². The number of aromatic nitrogens is 1. The number of carbonyl (C=O) groups is 1. The fraction of sp³-hybridized carbons (Fsp3) is 0.538. The Labute approximate surface area is 106 Å². The maximum Gasteiger partial charge on any atom is 0.267 e. The van der Waals surface area contributed by atoms with Gasteiger partial charge < -0.3 is 15.6 Å². The minimum absolute atomic E-state index is 0.114. The van der Waals surface area contributed by atoms with Crippen molar-refractivity contribution in [2.75, 3.05) is 6.61 Å². The molecule has 98 valence electrons. The van der Waals surface area contributed by atoms with E-state index >= 15 is 0 Å². The van der Waals surface area contributed by atoms with Gasteiger partial charge in [0.2, 0.25) is 5.88 Å². The van der Waals surface area contributed by atoms with Gasteiger partial charge >= 0.3 is 0 Å². The molecule has 0 saturated heterocycles. The monoisotopic (exact) mass is 250 g/mol. The Morgan fingerprint density at radius 2 is 2.11 bits per heavy atom. The number of pyridine rings is 1. The van der Waals surface area contributed by atoms with Crippen LogP contribution in [0.15, 0.2) is 18.2 Å². The summed E-state index contributed by atoms with van der Waals surface area (Å²) in [6, 6.07) is 5.00. The number of aliphatic hydroxyl groups is 1. The number of nitrogens with two attached hydrogens (primary N) is 1. The number of hydrogen-bond acceptors (Lipinski definition) is 4. The highest BCUT2D eigenvalue weighted by molar-refractivity contribution is 5.90. The maximum absolute atomic E-state index is 11.0. The van der Waals surface area contributed by atoms with E-state index in [9.17, 15) is 4.79 Å². The summed E-state index contributed by atoms with van der Waals surface area (Å²) < 4.78 is 5.74. The molecule has 0 atom stereocenters. The van der Waals surface area contributed by atoms with Gasteiger partial charge in [-0.25, -0.2) is 4.98 Å². The first-order chi connectivity index (χ1) is 8.69. The Kier molecular flexibility index (Phi) is 4.15. The van der Waals surface area contributed by atoms with Crippen LogP contribution in [0.25, 0.3) is 0 Å². The standard InChI is InChI=1S/C13H18N2O3/c14-13(17)11-2-1-3-12(15-11)18-10-6-4-9(8-16)5-7-10/h1-3,9-10,16H,4-8H2,(H2,14,17). The van der Waals surface area contributed by atoms with E-state index in [0.29, 0.717) is 11.8 Å². The van der Waals surface area contributed by atoms with Crippen molar-refractivity contribution in [3.8, 4) is 5.88 Å². The smallest absolute Gasteiger partial charge is 0.267 e. The molecule has 1 saturated carbocycles. The number of rotatable bonds is 4. The van der Waals surface area contributed by atoms with E-state index in [0.717, 1.165) is 25.7 Å². The maximum atomic E-state index is 11.0. The Morgan fingerprint density at radius 1 is 1.39 bits per heavy atom. The Morgan fingerprint density at radius 3 is 2.72 bits per heavy atom. The van der Waals surface area contributed by atoms with Gasteiger partial charge in [0.05, 0.1) is 0 Å². The zero-order valence-corrected chi connectivity index (χ0v) is 10.2. The molecule has 0 aliphatic heterocycles. The Hall–Kier alpha value is -1.62. The van der Waals surface area contributed by atoms with Crippen molar-refractivity contribution in [3.05, 3.63) is 23.9 Å². The van der Waals surface area contributed by atoms with Crippen molar-refractivity contribution in [1.29, 1.82) is 0 Å². The van der Waals surface area contributed by atoms with Crippen molar-refractivity contribution < 1.29 is 14.6 Å². The second-order valence-electron chi connectivity index (χ2n) is 4.67. The van der Waals surface area contributed by atoms with E-state index in [4.69, 9.17) is 15.6 Å². The van der Waals surface area contributed by atoms with Crippen molar-refractivity contribution in [2.24, 2.45) is 11.7 Å². The molecule has 0 radical (unpaired) electrons. The van der Waals surface area contributed by atoms with E-state index in [1.165, 1.54) is 0 Å². The lowest BCUT2D eigenvalue weighted by atomic mass is 9.88. The highest BCUT2D eigenvalue weighted by Gasteiger charge is 2.22. The van der Waals surface area contributed by atoms with E-state index in [1.807, 2.05) is 0 Å². The van der Waals surface area contributed by atoms with Gasteiger partial charge in [-0.3, -0.25) is 4.79 Å². The first-order valence-electron chi connectivity index (χ1n) is 6.23. The van der Waals surface area contributed by atoms with Gasteiger partial charge in [-0.15, -0.1) is 0 Å². The predicted octanol–water partition coefficient (Wildman–Crippen LogP) is 1.11. The molecule has 3 N–H and O–H groups in total. The topological polar surface area (TPSA) is 85.4 Å². The molecule has 1 aliphatic rings. The van der Waals surface area contributed by atoms with Crippen LogP contribution in [-0.4, -0.2) is 28.7 Å². The lowest BCUT2D eigenvalue weighted by molar-refractivity contribution is 0.0963. The van der Waals surface area contributed by atoms with Crippen LogP contribution < -0.4 is 10.5 Å². The van der Waals surface area contributed by atoms with Crippen molar-refractivity contribution in [1.82, 2.24) is 4.98 Å². The van der Waals surface area contributed by atoms with E-state index in [-0.39, 0.29) is 18.4 Å². The molecular weight excluding hydrogens is 232 g/mol. The van der Waals surface area contributed by atoms with E-state index in [1.54, 1.807) is 18.2 Å². The molecule has 0 spiro atoms. The average molecular weight is 250 g/mol. The third-order valence-corrected chi connectivity index (χ3v) is 3.32. The van der Waals surface area contributed by atoms with E-state index < -0.39 is 5.91 Å². The summed E-state index contributed by atoms with van der Waals surface area (Å²) in [6.45, 7) is 0.252. The highest BCUT2D eigenvalue weighted by atomic mass is 16.5. The SMILES string of the molecule is NC(=O)c1cccc(OC2CCC(CO)CC2)n1. The van der Waals surface area contributed by atoms with Crippen LogP contribution in [0.2, 0.25) is 0 Å². The molecule has 1 heterocycles. The Balaban J connectivity index is 1.94. The number of carbonyl (C=O) groups excluding carboxylic acids is 1. The van der Waals surface area contributed by atoms with Gasteiger partial charge in [0.25, 0.3) is 5.91 Å². The van der Waals surface area contributed by atoms with Crippen molar-refractivity contribution >= 4 is 5.91 Å². The summed E-state index contributed by atoms with van der Waals surface area (Å²) in [5, 5.41) is 9.06. The molecule has 0 aromatic carbocycles. The molecule has 5 nitrogen and oxygen atoms in total. The average Bonchev–Trinajstić information content (AvgIpc) is 2.40. The summed E-state index contributed by atoms with van der Waals surface area (Å²) in [4.78, 5) is 15.1. The number of primary amides is 1.